The van der Waals surface area contributed by atoms with Crippen LogP contribution >= 0.6 is 0 Å². The number of carbonyl (C=O) groups is 1. The van der Waals surface area contributed by atoms with Gasteiger partial charge in [-0.05, 0) is 43.9 Å². The van der Waals surface area contributed by atoms with E-state index >= 15 is 0 Å². The standard InChI is InChI=1S/C18H26N2O5S/c1-3-10-26(22,23)20-9-5-6-15(20)18(21)19(4-2)12-14-7-8-16-17(11-14)25-13-24-16/h7-8,11,15H,3-6,9-10,12-13H2,1-2H3. The van der Waals surface area contributed by atoms with Crippen molar-refractivity contribution in [3.63, 3.8) is 0 Å². The second-order valence-electron chi connectivity index (χ2n) is 6.62. The molecule has 1 atom stereocenters. The summed E-state index contributed by atoms with van der Waals surface area (Å²) < 4.78 is 37.0. The van der Waals surface area contributed by atoms with Crippen LogP contribution in [0.25, 0.3) is 0 Å². The van der Waals surface area contributed by atoms with Gasteiger partial charge in [-0.2, -0.15) is 4.31 Å². The molecule has 1 aromatic rings. The number of sulfonamides is 1. The number of likely N-dealkylation sites (N-methyl/N-ethyl adjacent to an activating group) is 1. The van der Waals surface area contributed by atoms with Gasteiger partial charge in [0.25, 0.3) is 0 Å². The number of ether oxygens (including phenoxy) is 2. The van der Waals surface area contributed by atoms with Crippen molar-refractivity contribution in [1.29, 1.82) is 0 Å². The number of amides is 1. The van der Waals surface area contributed by atoms with Crippen LogP contribution in [0.1, 0.15) is 38.7 Å². The Morgan fingerprint density at radius 3 is 2.77 bits per heavy atom. The third kappa shape index (κ3) is 3.81. The second kappa shape index (κ2) is 7.84. The third-order valence-electron chi connectivity index (χ3n) is 4.81. The summed E-state index contributed by atoms with van der Waals surface area (Å²) in [5.74, 6) is 1.35. The Bertz CT molecular complexity index is 765. The van der Waals surface area contributed by atoms with Gasteiger partial charge in [0.05, 0.1) is 5.75 Å². The summed E-state index contributed by atoms with van der Waals surface area (Å²) in [5, 5.41) is 0. The van der Waals surface area contributed by atoms with Crippen LogP contribution in [0.3, 0.4) is 0 Å². The van der Waals surface area contributed by atoms with Gasteiger partial charge in [-0.1, -0.05) is 13.0 Å². The van der Waals surface area contributed by atoms with Crippen LogP contribution in [0.2, 0.25) is 0 Å². The number of nitrogens with zero attached hydrogens (tertiary/aromatic N) is 2. The molecule has 0 bridgehead atoms. The fourth-order valence-electron chi connectivity index (χ4n) is 3.51. The van der Waals surface area contributed by atoms with E-state index in [1.165, 1.54) is 4.31 Å². The number of hydrogen-bond donors (Lipinski definition) is 0. The van der Waals surface area contributed by atoms with Crippen molar-refractivity contribution in [2.75, 3.05) is 25.6 Å². The molecule has 8 heteroatoms. The predicted octanol–water partition coefficient (Wildman–Crippen LogP) is 1.97. The largest absolute Gasteiger partial charge is 0.454 e. The highest BCUT2D eigenvalue weighted by atomic mass is 32.2. The Morgan fingerprint density at radius 1 is 1.27 bits per heavy atom. The molecule has 26 heavy (non-hydrogen) atoms. The lowest BCUT2D eigenvalue weighted by Crippen LogP contribution is -2.48. The molecule has 0 aliphatic carbocycles. The number of rotatable bonds is 7. The van der Waals surface area contributed by atoms with E-state index in [2.05, 4.69) is 0 Å². The molecule has 0 saturated carbocycles. The van der Waals surface area contributed by atoms with E-state index in [9.17, 15) is 13.2 Å². The topological polar surface area (TPSA) is 76.2 Å². The zero-order valence-electron chi connectivity index (χ0n) is 15.3. The second-order valence-corrected chi connectivity index (χ2v) is 8.67. The van der Waals surface area contributed by atoms with Crippen LogP contribution in [-0.2, 0) is 21.4 Å². The fourth-order valence-corrected chi connectivity index (χ4v) is 5.25. The first-order valence-corrected chi connectivity index (χ1v) is 10.7. The van der Waals surface area contributed by atoms with Crippen LogP contribution in [0, 0.1) is 0 Å². The van der Waals surface area contributed by atoms with Gasteiger partial charge in [0.15, 0.2) is 11.5 Å². The van der Waals surface area contributed by atoms with E-state index in [4.69, 9.17) is 9.47 Å². The molecule has 0 aromatic heterocycles. The molecule has 0 spiro atoms. The first-order valence-electron chi connectivity index (χ1n) is 9.13. The SMILES string of the molecule is CCCS(=O)(=O)N1CCCC1C(=O)N(CC)Cc1ccc2c(c1)OCO2. The molecule has 2 aliphatic heterocycles. The molecule has 144 valence electrons. The maximum Gasteiger partial charge on any atom is 0.241 e. The monoisotopic (exact) mass is 382 g/mol. The molecule has 1 amide bonds. The van der Waals surface area contributed by atoms with Gasteiger partial charge in [-0.25, -0.2) is 8.42 Å². The highest BCUT2D eigenvalue weighted by Crippen LogP contribution is 2.33. The highest BCUT2D eigenvalue weighted by molar-refractivity contribution is 7.89. The van der Waals surface area contributed by atoms with E-state index in [-0.39, 0.29) is 18.5 Å². The Hall–Kier alpha value is -1.80. The van der Waals surface area contributed by atoms with Crippen molar-refractivity contribution in [2.24, 2.45) is 0 Å². The molecule has 1 saturated heterocycles. The quantitative estimate of drug-likeness (QED) is 0.721. The number of benzene rings is 1. The molecule has 2 aliphatic rings. The van der Waals surface area contributed by atoms with E-state index in [1.54, 1.807) is 4.90 Å². The van der Waals surface area contributed by atoms with Crippen molar-refractivity contribution in [2.45, 2.75) is 45.7 Å². The zero-order chi connectivity index (χ0) is 18.7. The van der Waals surface area contributed by atoms with E-state index in [1.807, 2.05) is 32.0 Å². The Kier molecular flexibility index (Phi) is 5.72. The summed E-state index contributed by atoms with van der Waals surface area (Å²) in [6.07, 6.45) is 1.86. The van der Waals surface area contributed by atoms with Gasteiger partial charge in [0, 0.05) is 19.6 Å². The first-order chi connectivity index (χ1) is 12.5. The minimum Gasteiger partial charge on any atom is -0.454 e. The summed E-state index contributed by atoms with van der Waals surface area (Å²) in [6.45, 7) is 5.32. The Labute approximate surface area is 154 Å². The summed E-state index contributed by atoms with van der Waals surface area (Å²) in [4.78, 5) is 14.8. The molecule has 0 radical (unpaired) electrons. The van der Waals surface area contributed by atoms with Crippen LogP contribution in [0.5, 0.6) is 11.5 Å². The van der Waals surface area contributed by atoms with Gasteiger partial charge in [-0.15, -0.1) is 0 Å². The fraction of sp³-hybridized carbons (Fsp3) is 0.611. The van der Waals surface area contributed by atoms with E-state index < -0.39 is 16.1 Å². The normalized spacial score (nSPS) is 19.7. The molecule has 7 nitrogen and oxygen atoms in total. The number of fused-ring (bicyclic) bond motifs is 1. The van der Waals surface area contributed by atoms with Crippen molar-refractivity contribution in [1.82, 2.24) is 9.21 Å². The smallest absolute Gasteiger partial charge is 0.241 e. The number of carbonyl (C=O) groups excluding carboxylic acids is 1. The van der Waals surface area contributed by atoms with Gasteiger partial charge < -0.3 is 14.4 Å². The van der Waals surface area contributed by atoms with Crippen LogP contribution < -0.4 is 9.47 Å². The van der Waals surface area contributed by atoms with Crippen LogP contribution in [-0.4, -0.2) is 55.2 Å². The first kappa shape index (κ1) is 19.0. The average molecular weight is 382 g/mol. The zero-order valence-corrected chi connectivity index (χ0v) is 16.1. The van der Waals surface area contributed by atoms with Crippen molar-refractivity contribution >= 4 is 15.9 Å². The molecule has 1 fully saturated rings. The highest BCUT2D eigenvalue weighted by Gasteiger charge is 2.39. The molecular formula is C18H26N2O5S. The van der Waals surface area contributed by atoms with Crippen LogP contribution in [0.15, 0.2) is 18.2 Å². The minimum absolute atomic E-state index is 0.0884. The molecule has 1 unspecified atom stereocenters. The predicted molar refractivity (Wildman–Crippen MR) is 97.5 cm³/mol. The summed E-state index contributed by atoms with van der Waals surface area (Å²) in [7, 11) is -3.38. The summed E-state index contributed by atoms with van der Waals surface area (Å²) in [5.41, 5.74) is 0.936. The third-order valence-corrected chi connectivity index (χ3v) is 6.89. The van der Waals surface area contributed by atoms with Crippen molar-refractivity contribution in [3.05, 3.63) is 23.8 Å². The van der Waals surface area contributed by atoms with E-state index in [0.717, 1.165) is 12.0 Å². The van der Waals surface area contributed by atoms with Crippen LogP contribution in [0.4, 0.5) is 0 Å². The Balaban J connectivity index is 1.74. The van der Waals surface area contributed by atoms with Gasteiger partial charge in [-0.3, -0.25) is 4.79 Å². The molecule has 3 rings (SSSR count). The lowest BCUT2D eigenvalue weighted by Gasteiger charge is -2.29. The average Bonchev–Trinajstić information content (AvgIpc) is 3.27. The van der Waals surface area contributed by atoms with Gasteiger partial charge in [0.2, 0.25) is 22.7 Å². The molecule has 2 heterocycles. The van der Waals surface area contributed by atoms with Crippen molar-refractivity contribution < 1.29 is 22.7 Å². The summed E-state index contributed by atoms with van der Waals surface area (Å²) >= 11 is 0. The summed E-state index contributed by atoms with van der Waals surface area (Å²) in [6, 6.07) is 5.03. The van der Waals surface area contributed by atoms with E-state index in [0.29, 0.717) is 44.0 Å². The maximum absolute atomic E-state index is 13.0. The number of hydrogen-bond acceptors (Lipinski definition) is 5. The maximum atomic E-state index is 13.0. The molecule has 0 N–H and O–H groups in total. The van der Waals surface area contributed by atoms with Crippen molar-refractivity contribution in [3.8, 4) is 11.5 Å². The minimum atomic E-state index is -3.38. The van der Waals surface area contributed by atoms with Gasteiger partial charge in [0.1, 0.15) is 6.04 Å². The molecular weight excluding hydrogens is 356 g/mol. The van der Waals surface area contributed by atoms with Gasteiger partial charge >= 0.3 is 0 Å². The lowest BCUT2D eigenvalue weighted by molar-refractivity contribution is -0.135. The molecule has 1 aromatic carbocycles. The Morgan fingerprint density at radius 2 is 2.04 bits per heavy atom. The lowest BCUT2D eigenvalue weighted by atomic mass is 10.1.